The van der Waals surface area contributed by atoms with E-state index in [1.807, 2.05) is 12.1 Å². The fourth-order valence-corrected chi connectivity index (χ4v) is 2.37. The molecule has 1 aromatic carbocycles. The normalized spacial score (nSPS) is 11.4. The first-order valence-electron chi connectivity index (χ1n) is 7.09. The summed E-state index contributed by atoms with van der Waals surface area (Å²) >= 11 is 0. The van der Waals surface area contributed by atoms with Crippen molar-refractivity contribution in [2.24, 2.45) is 0 Å². The van der Waals surface area contributed by atoms with Gasteiger partial charge in [-0.3, -0.25) is 0 Å². The average molecular weight is 263 g/mol. The molecule has 1 heterocycles. The summed E-state index contributed by atoms with van der Waals surface area (Å²) in [5, 5.41) is 4.26. The van der Waals surface area contributed by atoms with Gasteiger partial charge >= 0.3 is 0 Å². The summed E-state index contributed by atoms with van der Waals surface area (Å²) in [6, 6.07) is 3.81. The van der Waals surface area contributed by atoms with Crippen LogP contribution in [-0.4, -0.2) is 6.54 Å². The van der Waals surface area contributed by atoms with E-state index in [2.05, 4.69) is 19.2 Å². The summed E-state index contributed by atoms with van der Waals surface area (Å²) in [7, 11) is 0. The molecule has 0 atom stereocenters. The van der Waals surface area contributed by atoms with Crippen LogP contribution < -0.4 is 5.32 Å². The van der Waals surface area contributed by atoms with Gasteiger partial charge in [-0.2, -0.15) is 0 Å². The van der Waals surface area contributed by atoms with Crippen LogP contribution in [0.15, 0.2) is 16.5 Å². The fourth-order valence-electron chi connectivity index (χ4n) is 2.37. The van der Waals surface area contributed by atoms with Crippen molar-refractivity contribution in [2.45, 2.75) is 46.6 Å². The lowest BCUT2D eigenvalue weighted by Crippen LogP contribution is -2.14. The molecule has 0 fully saturated rings. The second kappa shape index (κ2) is 6.20. The quantitative estimate of drug-likeness (QED) is 0.785. The molecule has 2 aromatic rings. The Morgan fingerprint density at radius 2 is 2.00 bits per heavy atom. The van der Waals surface area contributed by atoms with E-state index in [-0.39, 0.29) is 5.82 Å². The van der Waals surface area contributed by atoms with E-state index in [0.717, 1.165) is 42.5 Å². The van der Waals surface area contributed by atoms with Crippen LogP contribution in [0.3, 0.4) is 0 Å². The molecule has 0 amide bonds. The molecule has 1 N–H and O–H groups in total. The molecule has 2 rings (SSSR count). The molecule has 0 radical (unpaired) electrons. The second-order valence-corrected chi connectivity index (χ2v) is 5.00. The summed E-state index contributed by atoms with van der Waals surface area (Å²) in [4.78, 5) is 0. The molecule has 1 aromatic heterocycles. The van der Waals surface area contributed by atoms with E-state index in [0.29, 0.717) is 17.7 Å². The predicted octanol–water partition coefficient (Wildman–Crippen LogP) is 4.33. The van der Waals surface area contributed by atoms with Gasteiger partial charge in [0.1, 0.15) is 5.76 Å². The second-order valence-electron chi connectivity index (χ2n) is 5.00. The number of benzene rings is 1. The Morgan fingerprint density at radius 1 is 1.21 bits per heavy atom. The van der Waals surface area contributed by atoms with Crippen molar-refractivity contribution in [3.05, 3.63) is 34.8 Å². The Bertz CT molecular complexity index is 559. The molecule has 0 unspecified atom stereocenters. The van der Waals surface area contributed by atoms with Gasteiger partial charge in [-0.05, 0) is 31.9 Å². The maximum atomic E-state index is 14.1. The van der Waals surface area contributed by atoms with Crippen molar-refractivity contribution in [1.29, 1.82) is 0 Å². The van der Waals surface area contributed by atoms with Crippen LogP contribution in [0.5, 0.6) is 0 Å². The summed E-state index contributed by atoms with van der Waals surface area (Å²) < 4.78 is 19.9. The van der Waals surface area contributed by atoms with Gasteiger partial charge in [0.15, 0.2) is 11.4 Å². The Morgan fingerprint density at radius 3 is 2.68 bits per heavy atom. The van der Waals surface area contributed by atoms with Crippen molar-refractivity contribution in [3.63, 3.8) is 0 Å². The highest BCUT2D eigenvalue weighted by Crippen LogP contribution is 2.30. The van der Waals surface area contributed by atoms with Gasteiger partial charge in [-0.25, -0.2) is 4.39 Å². The minimum atomic E-state index is -0.225. The Kier molecular flexibility index (Phi) is 4.59. The molecule has 0 spiro atoms. The molecule has 0 aliphatic rings. The lowest BCUT2D eigenvalue weighted by molar-refractivity contribution is 0.488. The SMILES string of the molecule is CCCNCc1oc2c(F)c(C)ccc2c1CCC. The topological polar surface area (TPSA) is 25.2 Å². The molecule has 19 heavy (non-hydrogen) atoms. The van der Waals surface area contributed by atoms with E-state index in [1.54, 1.807) is 6.92 Å². The number of fused-ring (bicyclic) bond motifs is 1. The molecular weight excluding hydrogens is 241 g/mol. The van der Waals surface area contributed by atoms with E-state index in [9.17, 15) is 4.39 Å². The number of halogens is 1. The highest BCUT2D eigenvalue weighted by Gasteiger charge is 2.17. The number of aryl methyl sites for hydroxylation is 2. The zero-order valence-electron chi connectivity index (χ0n) is 12.0. The number of furan rings is 1. The minimum absolute atomic E-state index is 0.225. The predicted molar refractivity (Wildman–Crippen MR) is 76.9 cm³/mol. The highest BCUT2D eigenvalue weighted by molar-refractivity contribution is 5.83. The smallest absolute Gasteiger partial charge is 0.170 e. The third-order valence-corrected chi connectivity index (χ3v) is 3.39. The molecular formula is C16H22FNO. The first-order valence-corrected chi connectivity index (χ1v) is 7.09. The van der Waals surface area contributed by atoms with Crippen molar-refractivity contribution < 1.29 is 8.81 Å². The number of nitrogens with one attached hydrogen (secondary N) is 1. The van der Waals surface area contributed by atoms with Gasteiger partial charge in [0.05, 0.1) is 6.54 Å². The Balaban J connectivity index is 2.43. The molecule has 104 valence electrons. The summed E-state index contributed by atoms with van der Waals surface area (Å²) in [6.07, 6.45) is 3.04. The van der Waals surface area contributed by atoms with Gasteiger partial charge in [-0.1, -0.05) is 32.4 Å². The van der Waals surface area contributed by atoms with E-state index >= 15 is 0 Å². The van der Waals surface area contributed by atoms with Gasteiger partial charge in [0, 0.05) is 10.9 Å². The van der Waals surface area contributed by atoms with Gasteiger partial charge in [0.25, 0.3) is 0 Å². The Labute approximate surface area is 114 Å². The van der Waals surface area contributed by atoms with Crippen molar-refractivity contribution in [2.75, 3.05) is 6.54 Å². The third kappa shape index (κ3) is 2.81. The standard InChI is InChI=1S/C16H22FNO/c1-4-6-12-13-8-7-11(3)15(17)16(13)19-14(12)10-18-9-5-2/h7-8,18H,4-6,9-10H2,1-3H3. The lowest BCUT2D eigenvalue weighted by atomic mass is 10.0. The first-order chi connectivity index (χ1) is 9.19. The average Bonchev–Trinajstić information content (AvgIpc) is 2.74. The zero-order valence-corrected chi connectivity index (χ0v) is 12.0. The van der Waals surface area contributed by atoms with Crippen molar-refractivity contribution in [1.82, 2.24) is 5.32 Å². The fraction of sp³-hybridized carbons (Fsp3) is 0.500. The molecule has 2 nitrogen and oxygen atoms in total. The number of hydrogen-bond donors (Lipinski definition) is 1. The lowest BCUT2D eigenvalue weighted by Gasteiger charge is -2.03. The maximum Gasteiger partial charge on any atom is 0.170 e. The van der Waals surface area contributed by atoms with Crippen LogP contribution >= 0.6 is 0 Å². The summed E-state index contributed by atoms with van der Waals surface area (Å²) in [5.74, 6) is 0.659. The highest BCUT2D eigenvalue weighted by atomic mass is 19.1. The minimum Gasteiger partial charge on any atom is -0.456 e. The molecule has 0 aliphatic heterocycles. The van der Waals surface area contributed by atoms with E-state index in [1.165, 1.54) is 0 Å². The first kappa shape index (κ1) is 14.1. The number of hydrogen-bond acceptors (Lipinski definition) is 2. The monoisotopic (exact) mass is 263 g/mol. The van der Waals surface area contributed by atoms with Gasteiger partial charge in [-0.15, -0.1) is 0 Å². The maximum absolute atomic E-state index is 14.1. The molecule has 0 saturated carbocycles. The van der Waals surface area contributed by atoms with E-state index < -0.39 is 0 Å². The third-order valence-electron chi connectivity index (χ3n) is 3.39. The summed E-state index contributed by atoms with van der Waals surface area (Å²) in [5.41, 5.74) is 2.20. The van der Waals surface area contributed by atoms with Crippen LogP contribution in [-0.2, 0) is 13.0 Å². The van der Waals surface area contributed by atoms with Crippen LogP contribution in [0.4, 0.5) is 4.39 Å². The largest absolute Gasteiger partial charge is 0.456 e. The number of rotatable bonds is 6. The van der Waals surface area contributed by atoms with Crippen molar-refractivity contribution in [3.8, 4) is 0 Å². The molecule has 0 bridgehead atoms. The molecule has 3 heteroatoms. The van der Waals surface area contributed by atoms with Crippen molar-refractivity contribution >= 4 is 11.0 Å². The molecule has 0 aliphatic carbocycles. The molecule has 0 saturated heterocycles. The van der Waals surface area contributed by atoms with Gasteiger partial charge < -0.3 is 9.73 Å². The van der Waals surface area contributed by atoms with Gasteiger partial charge in [0.2, 0.25) is 0 Å². The summed E-state index contributed by atoms with van der Waals surface area (Å²) in [6.45, 7) is 7.65. The van der Waals surface area contributed by atoms with Crippen LogP contribution in [0, 0.1) is 12.7 Å². The van der Waals surface area contributed by atoms with E-state index in [4.69, 9.17) is 4.42 Å². The Hall–Kier alpha value is -1.35. The van der Waals surface area contributed by atoms with Crippen LogP contribution in [0.2, 0.25) is 0 Å². The van der Waals surface area contributed by atoms with Crippen LogP contribution in [0.1, 0.15) is 43.6 Å². The zero-order chi connectivity index (χ0) is 13.8. The van der Waals surface area contributed by atoms with Crippen LogP contribution in [0.25, 0.3) is 11.0 Å².